The SMILES string of the molecule is O=C1NC(=O)/C(=C/c2ccnc(CC3CCC(NCc4ccc5cc(F)ccc5c4)CC3)n2)S1. The summed E-state index contributed by atoms with van der Waals surface area (Å²) in [4.78, 5) is 32.5. The maximum atomic E-state index is 13.4. The van der Waals surface area contributed by atoms with Gasteiger partial charge in [0.15, 0.2) is 0 Å². The number of amides is 2. The minimum atomic E-state index is -0.376. The van der Waals surface area contributed by atoms with Gasteiger partial charge in [0.05, 0.1) is 10.6 Å². The molecule has 2 N–H and O–H groups in total. The van der Waals surface area contributed by atoms with Crippen LogP contribution in [0, 0.1) is 11.7 Å². The van der Waals surface area contributed by atoms with Gasteiger partial charge in [0.1, 0.15) is 11.6 Å². The van der Waals surface area contributed by atoms with Gasteiger partial charge in [0, 0.05) is 25.2 Å². The van der Waals surface area contributed by atoms with E-state index < -0.39 is 0 Å². The molecule has 2 aromatic carbocycles. The molecule has 1 saturated carbocycles. The van der Waals surface area contributed by atoms with E-state index in [9.17, 15) is 14.0 Å². The maximum Gasteiger partial charge on any atom is 0.290 e. The Bertz CT molecular complexity index is 1270. The molecule has 8 heteroatoms. The highest BCUT2D eigenvalue weighted by molar-refractivity contribution is 8.18. The Labute approximate surface area is 201 Å². The third-order valence-corrected chi connectivity index (χ3v) is 7.24. The quantitative estimate of drug-likeness (QED) is 0.488. The molecular weight excluding hydrogens is 451 g/mol. The van der Waals surface area contributed by atoms with E-state index >= 15 is 0 Å². The zero-order valence-electron chi connectivity index (χ0n) is 18.6. The number of thioether (sulfide) groups is 1. The van der Waals surface area contributed by atoms with E-state index in [0.717, 1.165) is 67.0 Å². The number of imide groups is 1. The second-order valence-electron chi connectivity index (χ2n) is 8.88. The molecule has 34 heavy (non-hydrogen) atoms. The summed E-state index contributed by atoms with van der Waals surface area (Å²) in [5.74, 6) is 0.718. The Balaban J connectivity index is 1.12. The van der Waals surface area contributed by atoms with E-state index in [0.29, 0.717) is 22.6 Å². The fourth-order valence-electron chi connectivity index (χ4n) is 4.62. The highest BCUT2D eigenvalue weighted by Crippen LogP contribution is 2.28. The van der Waals surface area contributed by atoms with Crippen molar-refractivity contribution < 1.29 is 14.0 Å². The van der Waals surface area contributed by atoms with E-state index in [4.69, 9.17) is 0 Å². The third-order valence-electron chi connectivity index (χ3n) is 6.43. The van der Waals surface area contributed by atoms with Crippen LogP contribution in [0.3, 0.4) is 0 Å². The van der Waals surface area contributed by atoms with Gasteiger partial charge in [0.25, 0.3) is 11.1 Å². The van der Waals surface area contributed by atoms with Crippen molar-refractivity contribution in [1.29, 1.82) is 0 Å². The van der Waals surface area contributed by atoms with Crippen molar-refractivity contribution >= 4 is 39.8 Å². The Morgan fingerprint density at radius 2 is 1.85 bits per heavy atom. The summed E-state index contributed by atoms with van der Waals surface area (Å²) in [6.07, 6.45) is 8.58. The molecule has 1 aliphatic heterocycles. The molecule has 1 aliphatic carbocycles. The van der Waals surface area contributed by atoms with Crippen molar-refractivity contribution in [2.75, 3.05) is 0 Å². The number of nitrogens with zero attached hydrogens (tertiary/aromatic N) is 2. The molecule has 0 spiro atoms. The molecule has 2 aliphatic rings. The standard InChI is InChI=1S/C26H25FN4O2S/c27-20-6-5-18-11-17(1-4-19(18)13-20)15-29-21-7-2-16(3-8-21)12-24-28-10-9-22(30-24)14-23-25(32)31-26(33)34-23/h1,4-6,9-11,13-14,16,21,29H,2-3,7-8,12,15H2,(H,31,32,33)/b23-14-. The number of aromatic nitrogens is 2. The number of halogens is 1. The summed E-state index contributed by atoms with van der Waals surface area (Å²) in [6, 6.07) is 13.3. The van der Waals surface area contributed by atoms with Gasteiger partial charge in [-0.2, -0.15) is 0 Å². The Kier molecular flexibility index (Phi) is 6.69. The number of hydrogen-bond acceptors (Lipinski definition) is 6. The van der Waals surface area contributed by atoms with Crippen LogP contribution in [0.2, 0.25) is 0 Å². The normalized spacial score (nSPS) is 21.9. The van der Waals surface area contributed by atoms with Gasteiger partial charge in [-0.3, -0.25) is 14.9 Å². The van der Waals surface area contributed by atoms with Crippen molar-refractivity contribution in [3.05, 3.63) is 76.5 Å². The van der Waals surface area contributed by atoms with Gasteiger partial charge >= 0.3 is 0 Å². The molecule has 5 rings (SSSR count). The summed E-state index contributed by atoms with van der Waals surface area (Å²) in [5, 5.41) is 7.55. The number of carbonyl (C=O) groups excluding carboxylic acids is 2. The zero-order chi connectivity index (χ0) is 23.5. The Hall–Kier alpha value is -3.10. The lowest BCUT2D eigenvalue weighted by molar-refractivity contribution is -0.115. The fraction of sp³-hybridized carbons (Fsp3) is 0.308. The zero-order valence-corrected chi connectivity index (χ0v) is 19.4. The van der Waals surface area contributed by atoms with Gasteiger partial charge in [-0.25, -0.2) is 14.4 Å². The molecule has 1 saturated heterocycles. The van der Waals surface area contributed by atoms with E-state index in [1.807, 2.05) is 12.1 Å². The van der Waals surface area contributed by atoms with E-state index in [2.05, 4.69) is 32.7 Å². The molecule has 2 heterocycles. The topological polar surface area (TPSA) is 84.0 Å². The first kappa shape index (κ1) is 22.7. The van der Waals surface area contributed by atoms with Gasteiger partial charge in [-0.15, -0.1) is 0 Å². The molecular formula is C26H25FN4O2S. The number of rotatable bonds is 6. The van der Waals surface area contributed by atoms with Crippen LogP contribution in [0.4, 0.5) is 9.18 Å². The molecule has 2 amide bonds. The molecule has 174 valence electrons. The molecule has 0 unspecified atom stereocenters. The van der Waals surface area contributed by atoms with Crippen LogP contribution >= 0.6 is 11.8 Å². The van der Waals surface area contributed by atoms with Crippen molar-refractivity contribution in [2.45, 2.75) is 44.7 Å². The van der Waals surface area contributed by atoms with Crippen LogP contribution in [0.15, 0.2) is 53.6 Å². The van der Waals surface area contributed by atoms with Crippen LogP contribution in [0.5, 0.6) is 0 Å². The summed E-state index contributed by atoms with van der Waals surface area (Å²) in [5.41, 5.74) is 1.85. The molecule has 0 bridgehead atoms. The Morgan fingerprint density at radius 1 is 1.06 bits per heavy atom. The van der Waals surface area contributed by atoms with Crippen molar-refractivity contribution in [2.24, 2.45) is 5.92 Å². The average molecular weight is 477 g/mol. The summed E-state index contributed by atoms with van der Waals surface area (Å²) < 4.78 is 13.4. The molecule has 0 radical (unpaired) electrons. The second kappa shape index (κ2) is 10.0. The minimum absolute atomic E-state index is 0.207. The number of nitrogens with one attached hydrogen (secondary N) is 2. The van der Waals surface area contributed by atoms with Gasteiger partial charge in [0.2, 0.25) is 0 Å². The smallest absolute Gasteiger partial charge is 0.290 e. The monoisotopic (exact) mass is 476 g/mol. The molecule has 6 nitrogen and oxygen atoms in total. The fourth-order valence-corrected chi connectivity index (χ4v) is 5.28. The predicted molar refractivity (Wildman–Crippen MR) is 131 cm³/mol. The third kappa shape index (κ3) is 5.51. The molecule has 3 aromatic rings. The van der Waals surface area contributed by atoms with Crippen molar-refractivity contribution in [1.82, 2.24) is 20.6 Å². The number of carbonyl (C=O) groups is 2. The van der Waals surface area contributed by atoms with Gasteiger partial charge < -0.3 is 5.32 Å². The first-order valence-corrected chi connectivity index (χ1v) is 12.3. The Morgan fingerprint density at radius 3 is 2.65 bits per heavy atom. The lowest BCUT2D eigenvalue weighted by atomic mass is 9.84. The van der Waals surface area contributed by atoms with Crippen LogP contribution in [-0.4, -0.2) is 27.2 Å². The number of fused-ring (bicyclic) bond motifs is 1. The molecule has 0 atom stereocenters. The van der Waals surface area contributed by atoms with Crippen LogP contribution in [0.1, 0.15) is 42.8 Å². The summed E-state index contributed by atoms with van der Waals surface area (Å²) >= 11 is 0.893. The highest BCUT2D eigenvalue weighted by atomic mass is 32.2. The minimum Gasteiger partial charge on any atom is -0.310 e. The average Bonchev–Trinajstić information content (AvgIpc) is 3.15. The van der Waals surface area contributed by atoms with Crippen molar-refractivity contribution in [3.8, 4) is 0 Å². The van der Waals surface area contributed by atoms with Crippen LogP contribution < -0.4 is 10.6 Å². The van der Waals surface area contributed by atoms with E-state index in [1.165, 1.54) is 11.6 Å². The molecule has 2 fully saturated rings. The summed E-state index contributed by atoms with van der Waals surface area (Å²) in [7, 11) is 0. The summed E-state index contributed by atoms with van der Waals surface area (Å²) in [6.45, 7) is 0.802. The largest absolute Gasteiger partial charge is 0.310 e. The predicted octanol–water partition coefficient (Wildman–Crippen LogP) is 4.98. The van der Waals surface area contributed by atoms with Crippen LogP contribution in [-0.2, 0) is 17.8 Å². The number of hydrogen-bond donors (Lipinski definition) is 2. The van der Waals surface area contributed by atoms with E-state index in [1.54, 1.807) is 24.4 Å². The lowest BCUT2D eigenvalue weighted by Crippen LogP contribution is -2.33. The maximum absolute atomic E-state index is 13.4. The van der Waals surface area contributed by atoms with Gasteiger partial charge in [-0.1, -0.05) is 18.2 Å². The lowest BCUT2D eigenvalue weighted by Gasteiger charge is -2.29. The van der Waals surface area contributed by atoms with Crippen LogP contribution in [0.25, 0.3) is 16.8 Å². The molecule has 1 aromatic heterocycles. The van der Waals surface area contributed by atoms with E-state index in [-0.39, 0.29) is 17.0 Å². The highest BCUT2D eigenvalue weighted by Gasteiger charge is 2.25. The van der Waals surface area contributed by atoms with Gasteiger partial charge in [-0.05, 0) is 90.0 Å². The second-order valence-corrected chi connectivity index (χ2v) is 9.89. The van der Waals surface area contributed by atoms with Crippen molar-refractivity contribution in [3.63, 3.8) is 0 Å². The number of benzene rings is 2. The first-order chi connectivity index (χ1) is 16.5. The first-order valence-electron chi connectivity index (χ1n) is 11.5.